The topological polar surface area (TPSA) is 72.3 Å². The van der Waals surface area contributed by atoms with Gasteiger partial charge in [-0.05, 0) is 12.3 Å². The van der Waals surface area contributed by atoms with E-state index in [-0.39, 0.29) is 18.2 Å². The molecule has 0 radical (unpaired) electrons. The number of hydrogen-bond acceptors (Lipinski definition) is 4. The van der Waals surface area contributed by atoms with E-state index in [1.165, 1.54) is 0 Å². The van der Waals surface area contributed by atoms with Gasteiger partial charge in [0.2, 0.25) is 0 Å². The molecule has 0 unspecified atom stereocenters. The molecule has 21 heavy (non-hydrogen) atoms. The van der Waals surface area contributed by atoms with Crippen LogP contribution in [0.3, 0.4) is 0 Å². The van der Waals surface area contributed by atoms with Crippen LogP contribution in [0.2, 0.25) is 0 Å². The molecule has 2 amide bonds. The molecule has 0 spiro atoms. The summed E-state index contributed by atoms with van der Waals surface area (Å²) in [6, 6.07) is 0.258. The first kappa shape index (κ1) is 14.3. The van der Waals surface area contributed by atoms with Crippen LogP contribution in [-0.4, -0.2) is 51.5 Å². The SMILES string of the molecule is CC[C@@H]1C[C@H]1NC(=O)N1C[C@H](OC)C[C@H]1c1nncn1C. The Morgan fingerprint density at radius 1 is 1.52 bits per heavy atom. The molecule has 1 aromatic rings. The molecular weight excluding hydrogens is 270 g/mol. The van der Waals surface area contributed by atoms with Crippen LogP contribution in [-0.2, 0) is 11.8 Å². The number of hydrogen-bond donors (Lipinski definition) is 1. The van der Waals surface area contributed by atoms with E-state index in [1.807, 2.05) is 16.5 Å². The zero-order valence-corrected chi connectivity index (χ0v) is 12.8. The maximum Gasteiger partial charge on any atom is 0.318 e. The minimum Gasteiger partial charge on any atom is -0.380 e. The average Bonchev–Trinajstić information content (AvgIpc) is 2.88. The Morgan fingerprint density at radius 3 is 2.90 bits per heavy atom. The van der Waals surface area contributed by atoms with Gasteiger partial charge in [-0.25, -0.2) is 4.79 Å². The summed E-state index contributed by atoms with van der Waals surface area (Å²) in [4.78, 5) is 14.4. The summed E-state index contributed by atoms with van der Waals surface area (Å²) in [5.74, 6) is 1.45. The largest absolute Gasteiger partial charge is 0.380 e. The summed E-state index contributed by atoms with van der Waals surface area (Å²) in [6.45, 7) is 2.76. The van der Waals surface area contributed by atoms with Crippen molar-refractivity contribution in [2.45, 2.75) is 44.4 Å². The standard InChI is InChI=1S/C14H23N5O2/c1-4-9-5-11(9)16-14(20)19-7-10(21-3)6-12(19)13-17-15-8-18(13)2/h8-12H,4-7H2,1-3H3,(H,16,20)/t9-,10-,11-,12+/m1/s1. The van der Waals surface area contributed by atoms with Crippen LogP contribution in [0.4, 0.5) is 4.79 Å². The second-order valence-electron chi connectivity index (χ2n) is 6.02. The minimum absolute atomic E-state index is 0.0106. The number of methoxy groups -OCH3 is 1. The van der Waals surface area contributed by atoms with Crippen LogP contribution in [0.25, 0.3) is 0 Å². The van der Waals surface area contributed by atoms with E-state index in [4.69, 9.17) is 4.74 Å². The molecule has 4 atom stereocenters. The molecule has 1 saturated carbocycles. The van der Waals surface area contributed by atoms with Gasteiger partial charge in [-0.3, -0.25) is 0 Å². The van der Waals surface area contributed by atoms with Crippen molar-refractivity contribution in [1.82, 2.24) is 25.0 Å². The van der Waals surface area contributed by atoms with Crippen molar-refractivity contribution in [2.24, 2.45) is 13.0 Å². The molecule has 1 aliphatic carbocycles. The van der Waals surface area contributed by atoms with Crippen LogP contribution in [0.5, 0.6) is 0 Å². The fraction of sp³-hybridized carbons (Fsp3) is 0.786. The number of nitrogens with zero attached hydrogens (tertiary/aromatic N) is 4. The minimum atomic E-state index is -0.0683. The van der Waals surface area contributed by atoms with Gasteiger partial charge in [0.25, 0.3) is 0 Å². The lowest BCUT2D eigenvalue weighted by atomic mass is 10.2. The second kappa shape index (κ2) is 5.63. The molecule has 2 fully saturated rings. The maximum atomic E-state index is 12.5. The van der Waals surface area contributed by atoms with Gasteiger partial charge in [0.15, 0.2) is 5.82 Å². The number of urea groups is 1. The summed E-state index contributed by atoms with van der Waals surface area (Å²) in [7, 11) is 3.59. The lowest BCUT2D eigenvalue weighted by Crippen LogP contribution is -2.42. The molecule has 1 aromatic heterocycles. The van der Waals surface area contributed by atoms with Crippen molar-refractivity contribution in [3.05, 3.63) is 12.2 Å². The van der Waals surface area contributed by atoms with Crippen molar-refractivity contribution in [2.75, 3.05) is 13.7 Å². The smallest absolute Gasteiger partial charge is 0.318 e. The predicted octanol–water partition coefficient (Wildman–Crippen LogP) is 1.08. The molecule has 116 valence electrons. The summed E-state index contributed by atoms with van der Waals surface area (Å²) in [5.41, 5.74) is 0. The molecule has 3 rings (SSSR count). The van der Waals surface area contributed by atoms with Gasteiger partial charge in [-0.2, -0.15) is 0 Å². The second-order valence-corrected chi connectivity index (χ2v) is 6.02. The Kier molecular flexibility index (Phi) is 3.84. The normalized spacial score (nSPS) is 31.5. The molecule has 7 heteroatoms. The Labute approximate surface area is 124 Å². The number of amides is 2. The fourth-order valence-corrected chi connectivity index (χ4v) is 3.15. The fourth-order valence-electron chi connectivity index (χ4n) is 3.15. The van der Waals surface area contributed by atoms with Crippen LogP contribution < -0.4 is 5.32 Å². The van der Waals surface area contributed by atoms with E-state index < -0.39 is 0 Å². The molecular formula is C14H23N5O2. The number of aryl methyl sites for hydroxylation is 1. The third-order valence-electron chi connectivity index (χ3n) is 4.66. The molecule has 7 nitrogen and oxygen atoms in total. The van der Waals surface area contributed by atoms with Gasteiger partial charge in [-0.1, -0.05) is 13.3 Å². The Morgan fingerprint density at radius 2 is 2.33 bits per heavy atom. The van der Waals surface area contributed by atoms with Crippen LogP contribution in [0.1, 0.15) is 38.1 Å². The van der Waals surface area contributed by atoms with Gasteiger partial charge in [0.05, 0.1) is 12.1 Å². The van der Waals surface area contributed by atoms with Crippen LogP contribution >= 0.6 is 0 Å². The van der Waals surface area contributed by atoms with Crippen molar-refractivity contribution >= 4 is 6.03 Å². The first-order chi connectivity index (χ1) is 10.1. The van der Waals surface area contributed by atoms with Crippen molar-refractivity contribution in [3.8, 4) is 0 Å². The van der Waals surface area contributed by atoms with E-state index in [2.05, 4.69) is 22.4 Å². The molecule has 0 bridgehead atoms. The maximum absolute atomic E-state index is 12.5. The molecule has 2 aliphatic rings. The summed E-state index contributed by atoms with van der Waals surface area (Å²) >= 11 is 0. The third kappa shape index (κ3) is 2.74. The summed E-state index contributed by atoms with van der Waals surface area (Å²) in [5, 5.41) is 11.2. The number of ether oxygens (including phenoxy) is 1. The number of carbonyl (C=O) groups excluding carboxylic acids is 1. The highest BCUT2D eigenvalue weighted by Gasteiger charge is 2.42. The Balaban J connectivity index is 1.72. The zero-order valence-electron chi connectivity index (χ0n) is 12.8. The first-order valence-corrected chi connectivity index (χ1v) is 7.57. The molecule has 2 heterocycles. The van der Waals surface area contributed by atoms with E-state index in [0.29, 0.717) is 18.5 Å². The van der Waals surface area contributed by atoms with E-state index in [1.54, 1.807) is 13.4 Å². The quantitative estimate of drug-likeness (QED) is 0.902. The van der Waals surface area contributed by atoms with Crippen molar-refractivity contribution in [3.63, 3.8) is 0 Å². The van der Waals surface area contributed by atoms with E-state index in [0.717, 1.165) is 25.1 Å². The highest BCUT2D eigenvalue weighted by Crippen LogP contribution is 2.35. The first-order valence-electron chi connectivity index (χ1n) is 7.57. The molecule has 0 aromatic carbocycles. The van der Waals surface area contributed by atoms with E-state index >= 15 is 0 Å². The number of aromatic nitrogens is 3. The summed E-state index contributed by atoms with van der Waals surface area (Å²) < 4.78 is 7.31. The van der Waals surface area contributed by atoms with Gasteiger partial charge < -0.3 is 19.5 Å². The van der Waals surface area contributed by atoms with Crippen LogP contribution in [0, 0.1) is 5.92 Å². The lowest BCUT2D eigenvalue weighted by Gasteiger charge is -2.24. The van der Waals surface area contributed by atoms with Gasteiger partial charge in [0.1, 0.15) is 6.33 Å². The highest BCUT2D eigenvalue weighted by atomic mass is 16.5. The third-order valence-corrected chi connectivity index (χ3v) is 4.66. The van der Waals surface area contributed by atoms with Gasteiger partial charge in [-0.15, -0.1) is 10.2 Å². The molecule has 1 N–H and O–H groups in total. The lowest BCUT2D eigenvalue weighted by molar-refractivity contribution is 0.110. The van der Waals surface area contributed by atoms with Gasteiger partial charge >= 0.3 is 6.03 Å². The van der Waals surface area contributed by atoms with Crippen molar-refractivity contribution < 1.29 is 9.53 Å². The predicted molar refractivity (Wildman–Crippen MR) is 76.6 cm³/mol. The Bertz CT molecular complexity index is 517. The molecule has 1 aliphatic heterocycles. The number of rotatable bonds is 4. The van der Waals surface area contributed by atoms with Crippen LogP contribution in [0.15, 0.2) is 6.33 Å². The van der Waals surface area contributed by atoms with Gasteiger partial charge in [0, 0.05) is 33.2 Å². The average molecular weight is 293 g/mol. The van der Waals surface area contributed by atoms with E-state index in [9.17, 15) is 4.79 Å². The zero-order chi connectivity index (χ0) is 15.0. The summed E-state index contributed by atoms with van der Waals surface area (Å²) in [6.07, 6.45) is 4.70. The molecule has 1 saturated heterocycles. The number of carbonyl (C=O) groups is 1. The highest BCUT2D eigenvalue weighted by molar-refractivity contribution is 5.75. The Hall–Kier alpha value is -1.63. The number of likely N-dealkylation sites (tertiary alicyclic amines) is 1. The monoisotopic (exact) mass is 293 g/mol. The van der Waals surface area contributed by atoms with Crippen molar-refractivity contribution in [1.29, 1.82) is 0 Å². The number of nitrogens with one attached hydrogen (secondary N) is 1.